The van der Waals surface area contributed by atoms with E-state index in [4.69, 9.17) is 0 Å². The van der Waals surface area contributed by atoms with Crippen molar-refractivity contribution in [3.05, 3.63) is 39.7 Å². The zero-order valence-corrected chi connectivity index (χ0v) is 6.19. The van der Waals surface area contributed by atoms with Gasteiger partial charge in [0.1, 0.15) is 5.82 Å². The summed E-state index contributed by atoms with van der Waals surface area (Å²) in [5.74, 6) is -2.87. The average molecular weight is 184 g/mol. The van der Waals surface area contributed by atoms with Crippen LogP contribution in [-0.4, -0.2) is 10.9 Å². The summed E-state index contributed by atoms with van der Waals surface area (Å²) in [5, 5.41) is 20.3. The minimum Gasteiger partial charge on any atom is -0.545 e. The van der Waals surface area contributed by atoms with Crippen LogP contribution in [0.2, 0.25) is 0 Å². The van der Waals surface area contributed by atoms with E-state index in [0.717, 1.165) is 12.1 Å². The van der Waals surface area contributed by atoms with Gasteiger partial charge in [0.2, 0.25) is 0 Å². The van der Waals surface area contributed by atoms with Crippen LogP contribution in [0.4, 0.5) is 10.1 Å². The highest BCUT2D eigenvalue weighted by molar-refractivity contribution is 5.86. The number of carboxylic acids is 1. The van der Waals surface area contributed by atoms with Gasteiger partial charge in [-0.15, -0.1) is 0 Å². The Kier molecular flexibility index (Phi) is 2.23. The number of aromatic carboxylic acids is 1. The molecule has 1 rings (SSSR count). The van der Waals surface area contributed by atoms with E-state index in [1.165, 1.54) is 0 Å². The van der Waals surface area contributed by atoms with Gasteiger partial charge in [0, 0.05) is 11.6 Å². The lowest BCUT2D eigenvalue weighted by atomic mass is 10.2. The Morgan fingerprint density at radius 3 is 2.46 bits per heavy atom. The van der Waals surface area contributed by atoms with E-state index >= 15 is 0 Å². The number of hydrogen-bond acceptors (Lipinski definition) is 4. The van der Waals surface area contributed by atoms with Crippen LogP contribution < -0.4 is 5.11 Å². The standard InChI is InChI=1S/C7H4FNO4/c8-6-3-4(9(12)13)1-2-5(6)7(10)11/h1-3H,(H,10,11)/p-1. The topological polar surface area (TPSA) is 83.3 Å². The quantitative estimate of drug-likeness (QED) is 0.481. The Labute approximate surface area is 71.6 Å². The Bertz CT molecular complexity index is 377. The van der Waals surface area contributed by atoms with Crippen molar-refractivity contribution < 1.29 is 19.2 Å². The highest BCUT2D eigenvalue weighted by atomic mass is 19.1. The molecule has 0 heterocycles. The summed E-state index contributed by atoms with van der Waals surface area (Å²) in [4.78, 5) is 19.5. The molecule has 0 saturated heterocycles. The lowest BCUT2D eigenvalue weighted by Crippen LogP contribution is -2.23. The predicted octanol–water partition coefficient (Wildman–Crippen LogP) is 0.0974. The molecule has 68 valence electrons. The number of carbonyl (C=O) groups is 1. The third-order valence-electron chi connectivity index (χ3n) is 1.38. The van der Waals surface area contributed by atoms with Crippen molar-refractivity contribution in [2.45, 2.75) is 0 Å². The number of hydrogen-bond donors (Lipinski definition) is 0. The fourth-order valence-electron chi connectivity index (χ4n) is 0.783. The summed E-state index contributed by atoms with van der Waals surface area (Å²) in [5.41, 5.74) is -1.19. The molecule has 0 aliphatic carbocycles. The maximum atomic E-state index is 12.7. The van der Waals surface area contributed by atoms with Crippen molar-refractivity contribution in [1.29, 1.82) is 0 Å². The molecule has 6 heteroatoms. The number of benzene rings is 1. The van der Waals surface area contributed by atoms with E-state index in [1.54, 1.807) is 0 Å². The van der Waals surface area contributed by atoms with Gasteiger partial charge in [0.15, 0.2) is 0 Å². The molecule has 0 aliphatic rings. The van der Waals surface area contributed by atoms with Gasteiger partial charge in [-0.05, 0) is 6.07 Å². The number of nitro benzene ring substituents is 1. The first-order valence-electron chi connectivity index (χ1n) is 3.17. The molecule has 1 aromatic rings. The van der Waals surface area contributed by atoms with Crippen molar-refractivity contribution in [2.75, 3.05) is 0 Å². The highest BCUT2D eigenvalue weighted by Crippen LogP contribution is 2.15. The second-order valence-corrected chi connectivity index (χ2v) is 2.21. The second kappa shape index (κ2) is 3.18. The van der Waals surface area contributed by atoms with E-state index in [2.05, 4.69) is 0 Å². The van der Waals surface area contributed by atoms with Crippen molar-refractivity contribution in [1.82, 2.24) is 0 Å². The molecule has 13 heavy (non-hydrogen) atoms. The van der Waals surface area contributed by atoms with Crippen LogP contribution in [0.25, 0.3) is 0 Å². The van der Waals surface area contributed by atoms with Crippen LogP contribution in [0.1, 0.15) is 10.4 Å². The highest BCUT2D eigenvalue weighted by Gasteiger charge is 2.10. The predicted molar refractivity (Wildman–Crippen MR) is 37.4 cm³/mol. The molecule has 0 fully saturated rings. The molecule has 0 unspecified atom stereocenters. The summed E-state index contributed by atoms with van der Waals surface area (Å²) in [6.07, 6.45) is 0. The Balaban J connectivity index is 3.20. The van der Waals surface area contributed by atoms with Crippen LogP contribution >= 0.6 is 0 Å². The van der Waals surface area contributed by atoms with E-state index in [-0.39, 0.29) is 0 Å². The third-order valence-corrected chi connectivity index (χ3v) is 1.38. The van der Waals surface area contributed by atoms with Gasteiger partial charge in [-0.1, -0.05) is 0 Å². The van der Waals surface area contributed by atoms with Gasteiger partial charge >= 0.3 is 0 Å². The maximum Gasteiger partial charge on any atom is 0.272 e. The zero-order chi connectivity index (χ0) is 10.0. The van der Waals surface area contributed by atoms with Crippen molar-refractivity contribution >= 4 is 11.7 Å². The number of rotatable bonds is 2. The average Bonchev–Trinajstić information content (AvgIpc) is 2.03. The molecular formula is C7H3FNO4-. The SMILES string of the molecule is O=C([O-])c1ccc([N+](=O)[O-])cc1F. The first-order chi connectivity index (χ1) is 6.02. The minimum atomic E-state index is -1.70. The second-order valence-electron chi connectivity index (χ2n) is 2.21. The molecule has 0 bridgehead atoms. The Morgan fingerprint density at radius 1 is 1.46 bits per heavy atom. The van der Waals surface area contributed by atoms with Gasteiger partial charge in [-0.2, -0.15) is 0 Å². The normalized spacial score (nSPS) is 9.62. The summed E-state index contributed by atoms with van der Waals surface area (Å²) in [7, 11) is 0. The van der Waals surface area contributed by atoms with Crippen LogP contribution in [0.15, 0.2) is 18.2 Å². The molecule has 1 aromatic carbocycles. The zero-order valence-electron chi connectivity index (χ0n) is 6.19. The van der Waals surface area contributed by atoms with Crippen LogP contribution in [0, 0.1) is 15.9 Å². The molecule has 5 nitrogen and oxygen atoms in total. The van der Waals surface area contributed by atoms with E-state index in [9.17, 15) is 24.4 Å². The molecule has 0 aliphatic heterocycles. The molecule has 0 atom stereocenters. The van der Waals surface area contributed by atoms with Gasteiger partial charge in [0.05, 0.1) is 17.0 Å². The van der Waals surface area contributed by atoms with E-state index in [1.807, 2.05) is 0 Å². The van der Waals surface area contributed by atoms with E-state index < -0.39 is 28.0 Å². The molecule has 0 amide bonds. The molecule has 0 N–H and O–H groups in total. The van der Waals surface area contributed by atoms with Crippen molar-refractivity contribution in [3.8, 4) is 0 Å². The molecule has 0 radical (unpaired) electrons. The summed E-state index contributed by atoms with van der Waals surface area (Å²) in [6, 6.07) is 2.22. The first-order valence-corrected chi connectivity index (χ1v) is 3.17. The number of carbonyl (C=O) groups excluding carboxylic acids is 1. The lowest BCUT2D eigenvalue weighted by molar-refractivity contribution is -0.385. The molecule has 0 spiro atoms. The summed E-state index contributed by atoms with van der Waals surface area (Å²) >= 11 is 0. The van der Waals surface area contributed by atoms with Gasteiger partial charge in [-0.25, -0.2) is 4.39 Å². The fraction of sp³-hybridized carbons (Fsp3) is 0. The van der Waals surface area contributed by atoms with Crippen molar-refractivity contribution in [3.63, 3.8) is 0 Å². The van der Waals surface area contributed by atoms with Crippen LogP contribution in [-0.2, 0) is 0 Å². The van der Waals surface area contributed by atoms with Crippen LogP contribution in [0.5, 0.6) is 0 Å². The van der Waals surface area contributed by atoms with Gasteiger partial charge in [-0.3, -0.25) is 10.1 Å². The first kappa shape index (κ1) is 9.11. The molecular weight excluding hydrogens is 181 g/mol. The Morgan fingerprint density at radius 2 is 2.08 bits per heavy atom. The number of carboxylic acid groups (broad SMARTS) is 1. The number of nitro groups is 1. The minimum absolute atomic E-state index is 0.498. The lowest BCUT2D eigenvalue weighted by Gasteiger charge is -2.02. The fourth-order valence-corrected chi connectivity index (χ4v) is 0.783. The smallest absolute Gasteiger partial charge is 0.272 e. The molecule has 0 aromatic heterocycles. The van der Waals surface area contributed by atoms with E-state index in [0.29, 0.717) is 6.07 Å². The summed E-state index contributed by atoms with van der Waals surface area (Å²) < 4.78 is 12.7. The molecule has 0 saturated carbocycles. The van der Waals surface area contributed by atoms with Gasteiger partial charge in [0.25, 0.3) is 5.69 Å². The number of halogens is 1. The maximum absolute atomic E-state index is 12.7. The largest absolute Gasteiger partial charge is 0.545 e. The number of non-ortho nitro benzene ring substituents is 1. The third kappa shape index (κ3) is 1.78. The number of nitrogens with zero attached hydrogens (tertiary/aromatic N) is 1. The van der Waals surface area contributed by atoms with Crippen molar-refractivity contribution in [2.24, 2.45) is 0 Å². The summed E-state index contributed by atoms with van der Waals surface area (Å²) in [6.45, 7) is 0. The van der Waals surface area contributed by atoms with Gasteiger partial charge < -0.3 is 9.90 Å². The monoisotopic (exact) mass is 184 g/mol. The van der Waals surface area contributed by atoms with Crippen LogP contribution in [0.3, 0.4) is 0 Å². The Hall–Kier alpha value is -1.98.